The lowest BCUT2D eigenvalue weighted by atomic mass is 10.1. The topological polar surface area (TPSA) is 58.6 Å². The number of aryl methyl sites for hydroxylation is 1. The summed E-state index contributed by atoms with van der Waals surface area (Å²) in [5, 5.41) is 2.77. The maximum Gasteiger partial charge on any atom is 0.261 e. The van der Waals surface area contributed by atoms with Crippen LogP contribution < -0.4 is 10.1 Å². The Labute approximate surface area is 155 Å². The normalized spacial score (nSPS) is 11.5. The molecule has 0 aliphatic carbocycles. The summed E-state index contributed by atoms with van der Waals surface area (Å²) in [5.41, 5.74) is 2.03. The molecule has 0 radical (unpaired) electrons. The number of carbonyl (C=O) groups is 2. The Kier molecular flexibility index (Phi) is 7.21. The van der Waals surface area contributed by atoms with Crippen molar-refractivity contribution in [2.45, 2.75) is 33.4 Å². The number of hydrogen-bond donors (Lipinski definition) is 1. The summed E-state index contributed by atoms with van der Waals surface area (Å²) in [6, 6.07) is 16.6. The Morgan fingerprint density at radius 2 is 1.85 bits per heavy atom. The van der Waals surface area contributed by atoms with Crippen LogP contribution in [-0.2, 0) is 16.1 Å². The van der Waals surface area contributed by atoms with Crippen LogP contribution in [-0.4, -0.2) is 35.9 Å². The van der Waals surface area contributed by atoms with Crippen LogP contribution in [0.2, 0.25) is 0 Å². The van der Waals surface area contributed by atoms with Crippen LogP contribution in [0.25, 0.3) is 0 Å². The second-order valence-corrected chi connectivity index (χ2v) is 6.18. The van der Waals surface area contributed by atoms with Gasteiger partial charge >= 0.3 is 0 Å². The van der Waals surface area contributed by atoms with Gasteiger partial charge < -0.3 is 15.0 Å². The third-order valence-electron chi connectivity index (χ3n) is 4.07. The molecule has 2 aromatic carbocycles. The summed E-state index contributed by atoms with van der Waals surface area (Å²) in [4.78, 5) is 26.6. The molecular weight excluding hydrogens is 328 g/mol. The molecule has 1 N–H and O–H groups in total. The molecule has 138 valence electrons. The number of nitrogens with zero attached hydrogens (tertiary/aromatic N) is 1. The third kappa shape index (κ3) is 5.62. The van der Waals surface area contributed by atoms with Crippen LogP contribution in [0.5, 0.6) is 5.75 Å². The van der Waals surface area contributed by atoms with Crippen molar-refractivity contribution >= 4 is 11.8 Å². The summed E-state index contributed by atoms with van der Waals surface area (Å²) in [7, 11) is 0. The zero-order chi connectivity index (χ0) is 18.9. The van der Waals surface area contributed by atoms with Gasteiger partial charge in [-0.3, -0.25) is 9.59 Å². The first-order valence-corrected chi connectivity index (χ1v) is 8.81. The summed E-state index contributed by atoms with van der Waals surface area (Å²) < 4.78 is 5.63. The van der Waals surface area contributed by atoms with Gasteiger partial charge in [-0.25, -0.2) is 0 Å². The smallest absolute Gasteiger partial charge is 0.261 e. The molecule has 0 saturated carbocycles. The van der Waals surface area contributed by atoms with E-state index in [1.54, 1.807) is 11.8 Å². The van der Waals surface area contributed by atoms with Gasteiger partial charge in [-0.05, 0) is 44.0 Å². The van der Waals surface area contributed by atoms with E-state index in [0.29, 0.717) is 18.8 Å². The first kappa shape index (κ1) is 19.5. The molecule has 0 aliphatic heterocycles. The van der Waals surface area contributed by atoms with E-state index in [9.17, 15) is 9.59 Å². The Bertz CT molecular complexity index is 731. The predicted molar refractivity (Wildman–Crippen MR) is 102 cm³/mol. The quantitative estimate of drug-likeness (QED) is 0.793. The average Bonchev–Trinajstić information content (AvgIpc) is 2.65. The van der Waals surface area contributed by atoms with Gasteiger partial charge in [0.15, 0.2) is 6.61 Å². The van der Waals surface area contributed by atoms with E-state index >= 15 is 0 Å². The number of likely N-dealkylation sites (N-methyl/N-ethyl adjacent to an activating group) is 1. The minimum absolute atomic E-state index is 0.111. The molecular formula is C21H26N2O3. The Balaban J connectivity index is 2.10. The molecule has 0 fully saturated rings. The van der Waals surface area contributed by atoms with Crippen LogP contribution in [0.4, 0.5) is 0 Å². The molecule has 1 atom stereocenters. The van der Waals surface area contributed by atoms with Crippen molar-refractivity contribution in [3.8, 4) is 5.75 Å². The Morgan fingerprint density at radius 3 is 2.50 bits per heavy atom. The van der Waals surface area contributed by atoms with Crippen molar-refractivity contribution in [2.24, 2.45) is 0 Å². The van der Waals surface area contributed by atoms with Gasteiger partial charge in [0.25, 0.3) is 5.91 Å². The van der Waals surface area contributed by atoms with Gasteiger partial charge in [0, 0.05) is 13.1 Å². The van der Waals surface area contributed by atoms with E-state index < -0.39 is 6.04 Å². The first-order chi connectivity index (χ1) is 12.5. The molecule has 5 nitrogen and oxygen atoms in total. The molecule has 0 aromatic heterocycles. The Hall–Kier alpha value is -2.82. The molecule has 5 heteroatoms. The fourth-order valence-electron chi connectivity index (χ4n) is 2.62. The van der Waals surface area contributed by atoms with Crippen molar-refractivity contribution in [1.82, 2.24) is 10.2 Å². The maximum atomic E-state index is 12.8. The number of ether oxygens (including phenoxy) is 1. The number of hydrogen-bond acceptors (Lipinski definition) is 3. The van der Waals surface area contributed by atoms with Gasteiger partial charge in [0.1, 0.15) is 11.8 Å². The lowest BCUT2D eigenvalue weighted by molar-refractivity contribution is -0.142. The third-order valence-corrected chi connectivity index (χ3v) is 4.07. The van der Waals surface area contributed by atoms with E-state index in [2.05, 4.69) is 5.32 Å². The monoisotopic (exact) mass is 354 g/mol. The molecule has 2 amide bonds. The van der Waals surface area contributed by atoms with E-state index in [1.807, 2.05) is 68.4 Å². The fraction of sp³-hybridized carbons (Fsp3) is 0.333. The van der Waals surface area contributed by atoms with Crippen LogP contribution in [0.15, 0.2) is 54.6 Å². The maximum absolute atomic E-state index is 12.8. The number of amides is 2. The number of rotatable bonds is 8. The molecule has 2 aromatic rings. The van der Waals surface area contributed by atoms with Crippen LogP contribution in [0.1, 0.15) is 25.0 Å². The molecule has 0 aliphatic rings. The lowest BCUT2D eigenvalue weighted by Gasteiger charge is -2.28. The summed E-state index contributed by atoms with van der Waals surface area (Å²) in [6.45, 7) is 6.33. The standard InChI is InChI=1S/C21H26N2O3/c1-4-22-21(25)17(3)23(14-18-10-6-5-7-11-18)20(24)15-26-19-12-8-9-16(2)13-19/h5-13,17H,4,14-15H2,1-3H3,(H,22,25). The van der Waals surface area contributed by atoms with Crippen molar-refractivity contribution in [2.75, 3.05) is 13.2 Å². The highest BCUT2D eigenvalue weighted by Gasteiger charge is 2.26. The van der Waals surface area contributed by atoms with E-state index in [1.165, 1.54) is 0 Å². The molecule has 0 bridgehead atoms. The van der Waals surface area contributed by atoms with Gasteiger partial charge in [-0.15, -0.1) is 0 Å². The number of carbonyl (C=O) groups excluding carboxylic acids is 2. The van der Waals surface area contributed by atoms with Gasteiger partial charge in [0.05, 0.1) is 0 Å². The van der Waals surface area contributed by atoms with Crippen LogP contribution in [0.3, 0.4) is 0 Å². The van der Waals surface area contributed by atoms with E-state index in [4.69, 9.17) is 4.74 Å². The van der Waals surface area contributed by atoms with E-state index in [0.717, 1.165) is 11.1 Å². The molecule has 0 saturated heterocycles. The summed E-state index contributed by atoms with van der Waals surface area (Å²) in [6.07, 6.45) is 0. The lowest BCUT2D eigenvalue weighted by Crippen LogP contribution is -2.49. The summed E-state index contributed by atoms with van der Waals surface area (Å²) >= 11 is 0. The second-order valence-electron chi connectivity index (χ2n) is 6.18. The Morgan fingerprint density at radius 1 is 1.12 bits per heavy atom. The number of nitrogens with one attached hydrogen (secondary N) is 1. The minimum atomic E-state index is -0.580. The number of benzene rings is 2. The molecule has 1 unspecified atom stereocenters. The summed E-state index contributed by atoms with van der Waals surface area (Å²) in [5.74, 6) is 0.241. The zero-order valence-electron chi connectivity index (χ0n) is 15.6. The molecule has 0 heterocycles. The largest absolute Gasteiger partial charge is 0.484 e. The highest BCUT2D eigenvalue weighted by atomic mass is 16.5. The molecule has 2 rings (SSSR count). The molecule has 26 heavy (non-hydrogen) atoms. The van der Waals surface area contributed by atoms with Gasteiger partial charge in [-0.1, -0.05) is 42.5 Å². The zero-order valence-corrected chi connectivity index (χ0v) is 15.6. The highest BCUT2D eigenvalue weighted by Crippen LogP contribution is 2.14. The van der Waals surface area contributed by atoms with Crippen LogP contribution in [0, 0.1) is 6.92 Å². The second kappa shape index (κ2) is 9.61. The van der Waals surface area contributed by atoms with Crippen molar-refractivity contribution in [3.05, 3.63) is 65.7 Å². The predicted octanol–water partition coefficient (Wildman–Crippen LogP) is 2.93. The van der Waals surface area contributed by atoms with Gasteiger partial charge in [0.2, 0.25) is 5.91 Å². The highest BCUT2D eigenvalue weighted by molar-refractivity contribution is 5.87. The SMILES string of the molecule is CCNC(=O)C(C)N(Cc1ccccc1)C(=O)COc1cccc(C)c1. The minimum Gasteiger partial charge on any atom is -0.484 e. The van der Waals surface area contributed by atoms with E-state index in [-0.39, 0.29) is 18.4 Å². The first-order valence-electron chi connectivity index (χ1n) is 8.81. The van der Waals surface area contributed by atoms with Crippen molar-refractivity contribution in [3.63, 3.8) is 0 Å². The van der Waals surface area contributed by atoms with Crippen molar-refractivity contribution < 1.29 is 14.3 Å². The van der Waals surface area contributed by atoms with Crippen LogP contribution >= 0.6 is 0 Å². The fourth-order valence-corrected chi connectivity index (χ4v) is 2.62. The van der Waals surface area contributed by atoms with Gasteiger partial charge in [-0.2, -0.15) is 0 Å². The average molecular weight is 354 g/mol. The van der Waals surface area contributed by atoms with Crippen molar-refractivity contribution in [1.29, 1.82) is 0 Å². The molecule has 0 spiro atoms.